The fourth-order valence-corrected chi connectivity index (χ4v) is 2.84. The fourth-order valence-electron chi connectivity index (χ4n) is 2.84. The van der Waals surface area contributed by atoms with Gasteiger partial charge in [0, 0.05) is 12.0 Å². The molecule has 25 heavy (non-hydrogen) atoms. The molecule has 0 spiro atoms. The molecule has 1 heterocycles. The summed E-state index contributed by atoms with van der Waals surface area (Å²) in [5.41, 5.74) is 2.17. The third-order valence-electron chi connectivity index (χ3n) is 4.13. The van der Waals surface area contributed by atoms with Gasteiger partial charge in [-0.3, -0.25) is 4.79 Å². The molecule has 0 aliphatic carbocycles. The van der Waals surface area contributed by atoms with Crippen molar-refractivity contribution in [3.05, 3.63) is 53.6 Å². The van der Waals surface area contributed by atoms with Crippen LogP contribution in [-0.4, -0.2) is 17.9 Å². The second kappa shape index (κ2) is 8.42. The van der Waals surface area contributed by atoms with Crippen LogP contribution in [0.25, 0.3) is 0 Å². The van der Waals surface area contributed by atoms with Crippen molar-refractivity contribution in [2.75, 3.05) is 6.79 Å². The van der Waals surface area contributed by atoms with Crippen LogP contribution in [0.2, 0.25) is 0 Å². The minimum atomic E-state index is -0.725. The molecular formula is C20H22O5. The predicted molar refractivity (Wildman–Crippen MR) is 93.1 cm³/mol. The molecule has 1 aliphatic rings. The minimum Gasteiger partial charge on any atom is -0.489 e. The average molecular weight is 342 g/mol. The highest BCUT2D eigenvalue weighted by atomic mass is 16.7. The van der Waals surface area contributed by atoms with E-state index in [2.05, 4.69) is 6.07 Å². The van der Waals surface area contributed by atoms with Crippen LogP contribution in [-0.2, 0) is 17.8 Å². The van der Waals surface area contributed by atoms with Gasteiger partial charge >= 0.3 is 5.97 Å². The van der Waals surface area contributed by atoms with E-state index in [1.54, 1.807) is 0 Å². The average Bonchev–Trinajstić information content (AvgIpc) is 3.09. The Kier molecular flexibility index (Phi) is 5.77. The molecule has 0 saturated carbocycles. The van der Waals surface area contributed by atoms with Gasteiger partial charge in [-0.05, 0) is 43.0 Å². The standard InChI is InChI=1S/C20H22O5/c21-19(22)11-3-1-2-6-15-7-4-9-17(12-15)23-13-16-8-5-10-18-20(16)25-14-24-18/h4-5,7-10,12H,1-3,6,11,13-14H2,(H,21,22). The van der Waals surface area contributed by atoms with Crippen molar-refractivity contribution >= 4 is 5.97 Å². The molecule has 0 radical (unpaired) electrons. The highest BCUT2D eigenvalue weighted by Crippen LogP contribution is 2.35. The van der Waals surface area contributed by atoms with Crippen molar-refractivity contribution < 1.29 is 24.1 Å². The number of hydrogen-bond donors (Lipinski definition) is 1. The van der Waals surface area contributed by atoms with E-state index in [-0.39, 0.29) is 13.2 Å². The van der Waals surface area contributed by atoms with E-state index >= 15 is 0 Å². The zero-order valence-electron chi connectivity index (χ0n) is 14.1. The van der Waals surface area contributed by atoms with Gasteiger partial charge in [0.15, 0.2) is 11.5 Å². The number of benzene rings is 2. The van der Waals surface area contributed by atoms with Gasteiger partial charge < -0.3 is 19.3 Å². The maximum Gasteiger partial charge on any atom is 0.303 e. The second-order valence-corrected chi connectivity index (χ2v) is 6.04. The molecule has 0 amide bonds. The summed E-state index contributed by atoms with van der Waals surface area (Å²) < 4.78 is 16.8. The molecule has 0 aromatic heterocycles. The van der Waals surface area contributed by atoms with Gasteiger partial charge in [0.05, 0.1) is 0 Å². The number of carboxylic acid groups (broad SMARTS) is 1. The van der Waals surface area contributed by atoms with Gasteiger partial charge in [-0.1, -0.05) is 30.7 Å². The molecule has 0 fully saturated rings. The van der Waals surface area contributed by atoms with Gasteiger partial charge in [-0.25, -0.2) is 0 Å². The largest absolute Gasteiger partial charge is 0.489 e. The van der Waals surface area contributed by atoms with E-state index in [0.29, 0.717) is 6.61 Å². The maximum atomic E-state index is 10.5. The van der Waals surface area contributed by atoms with Crippen molar-refractivity contribution in [3.8, 4) is 17.2 Å². The number of carbonyl (C=O) groups is 1. The van der Waals surface area contributed by atoms with E-state index in [1.807, 2.05) is 36.4 Å². The Hall–Kier alpha value is -2.69. The SMILES string of the molecule is O=C(O)CCCCCc1cccc(OCc2cccc3c2OCO3)c1. The van der Waals surface area contributed by atoms with Gasteiger partial charge in [0.1, 0.15) is 12.4 Å². The molecule has 2 aromatic rings. The normalized spacial score (nSPS) is 12.2. The molecule has 0 unspecified atom stereocenters. The summed E-state index contributed by atoms with van der Waals surface area (Å²) in [6.07, 6.45) is 3.80. The number of aliphatic carboxylic acids is 1. The lowest BCUT2D eigenvalue weighted by Gasteiger charge is -2.10. The van der Waals surface area contributed by atoms with Gasteiger partial charge in [-0.2, -0.15) is 0 Å². The van der Waals surface area contributed by atoms with Gasteiger partial charge in [0.25, 0.3) is 0 Å². The minimum absolute atomic E-state index is 0.246. The first-order valence-electron chi connectivity index (χ1n) is 8.53. The number of hydrogen-bond acceptors (Lipinski definition) is 4. The summed E-state index contributed by atoms with van der Waals surface area (Å²) >= 11 is 0. The first-order chi connectivity index (χ1) is 12.2. The molecule has 132 valence electrons. The Morgan fingerprint density at radius 3 is 2.84 bits per heavy atom. The number of aryl methyl sites for hydroxylation is 1. The number of para-hydroxylation sites is 1. The summed E-state index contributed by atoms with van der Waals surface area (Å²) in [7, 11) is 0. The Morgan fingerprint density at radius 2 is 1.96 bits per heavy atom. The van der Waals surface area contributed by atoms with Gasteiger partial charge in [-0.15, -0.1) is 0 Å². The molecule has 3 rings (SSSR count). The lowest BCUT2D eigenvalue weighted by molar-refractivity contribution is -0.137. The third-order valence-corrected chi connectivity index (χ3v) is 4.13. The summed E-state index contributed by atoms with van der Waals surface area (Å²) in [4.78, 5) is 10.5. The number of rotatable bonds is 9. The van der Waals surface area contributed by atoms with Crippen molar-refractivity contribution in [1.29, 1.82) is 0 Å². The summed E-state index contributed by atoms with van der Waals surface area (Å²) in [5.74, 6) is 1.62. The first-order valence-corrected chi connectivity index (χ1v) is 8.53. The van der Waals surface area contributed by atoms with Crippen LogP contribution in [0, 0.1) is 0 Å². The third kappa shape index (κ3) is 4.89. The van der Waals surface area contributed by atoms with Crippen LogP contribution in [0.5, 0.6) is 17.2 Å². The quantitative estimate of drug-likeness (QED) is 0.693. The zero-order chi connectivity index (χ0) is 17.5. The van der Waals surface area contributed by atoms with E-state index in [9.17, 15) is 4.79 Å². The van der Waals surface area contributed by atoms with Crippen LogP contribution in [0.15, 0.2) is 42.5 Å². The fraction of sp³-hybridized carbons (Fsp3) is 0.350. The van der Waals surface area contributed by atoms with E-state index < -0.39 is 5.97 Å². The lowest BCUT2D eigenvalue weighted by Crippen LogP contribution is -1.99. The number of fused-ring (bicyclic) bond motifs is 1. The molecule has 2 aromatic carbocycles. The van der Waals surface area contributed by atoms with Crippen molar-refractivity contribution in [3.63, 3.8) is 0 Å². The molecular weight excluding hydrogens is 320 g/mol. The van der Waals surface area contributed by atoms with Crippen LogP contribution in [0.4, 0.5) is 0 Å². The maximum absolute atomic E-state index is 10.5. The van der Waals surface area contributed by atoms with Crippen LogP contribution in [0.1, 0.15) is 36.8 Å². The number of unbranched alkanes of at least 4 members (excludes halogenated alkanes) is 2. The van der Waals surface area contributed by atoms with E-state index in [1.165, 1.54) is 5.56 Å². The first kappa shape index (κ1) is 17.1. The molecule has 5 nitrogen and oxygen atoms in total. The molecule has 0 saturated heterocycles. The van der Waals surface area contributed by atoms with E-state index in [0.717, 1.165) is 48.5 Å². The van der Waals surface area contributed by atoms with E-state index in [4.69, 9.17) is 19.3 Å². The molecule has 0 atom stereocenters. The van der Waals surface area contributed by atoms with Crippen molar-refractivity contribution in [1.82, 2.24) is 0 Å². The molecule has 5 heteroatoms. The number of carboxylic acids is 1. The summed E-state index contributed by atoms with van der Waals surface area (Å²) in [6, 6.07) is 13.8. The van der Waals surface area contributed by atoms with Crippen molar-refractivity contribution in [2.24, 2.45) is 0 Å². The Labute approximate surface area is 147 Å². The van der Waals surface area contributed by atoms with Crippen LogP contribution in [0.3, 0.4) is 0 Å². The monoisotopic (exact) mass is 342 g/mol. The Balaban J connectivity index is 1.50. The lowest BCUT2D eigenvalue weighted by atomic mass is 10.1. The van der Waals surface area contributed by atoms with Crippen molar-refractivity contribution in [2.45, 2.75) is 38.7 Å². The Bertz CT molecular complexity index is 726. The smallest absolute Gasteiger partial charge is 0.303 e. The van der Waals surface area contributed by atoms with Crippen LogP contribution < -0.4 is 14.2 Å². The Morgan fingerprint density at radius 1 is 1.08 bits per heavy atom. The highest BCUT2D eigenvalue weighted by molar-refractivity contribution is 5.66. The topological polar surface area (TPSA) is 65.0 Å². The number of ether oxygens (including phenoxy) is 3. The molecule has 1 aliphatic heterocycles. The highest BCUT2D eigenvalue weighted by Gasteiger charge is 2.17. The molecule has 0 bridgehead atoms. The molecule has 1 N–H and O–H groups in total. The predicted octanol–water partition coefficient (Wildman–Crippen LogP) is 4.18. The summed E-state index contributed by atoms with van der Waals surface area (Å²) in [5, 5.41) is 8.64. The second-order valence-electron chi connectivity index (χ2n) is 6.04. The van der Waals surface area contributed by atoms with Crippen LogP contribution >= 0.6 is 0 Å². The summed E-state index contributed by atoms with van der Waals surface area (Å²) in [6.45, 7) is 0.679. The van der Waals surface area contributed by atoms with Gasteiger partial charge in [0.2, 0.25) is 6.79 Å². The zero-order valence-corrected chi connectivity index (χ0v) is 14.1.